The predicted octanol–water partition coefficient (Wildman–Crippen LogP) is 8.89. The van der Waals surface area contributed by atoms with Gasteiger partial charge in [0.1, 0.15) is 12.4 Å². The van der Waals surface area contributed by atoms with Crippen LogP contribution < -0.4 is 9.47 Å². The zero-order valence-corrected chi connectivity index (χ0v) is 20.5. The summed E-state index contributed by atoms with van der Waals surface area (Å²) in [5, 5.41) is 0. The Hall–Kier alpha value is -3.73. The highest BCUT2D eigenvalue weighted by Crippen LogP contribution is 2.32. The molecule has 0 atom stereocenters. The van der Waals surface area contributed by atoms with E-state index < -0.39 is 17.5 Å². The van der Waals surface area contributed by atoms with E-state index in [2.05, 4.69) is 6.92 Å². The van der Waals surface area contributed by atoms with E-state index in [0.717, 1.165) is 24.8 Å². The molecule has 0 spiro atoms. The monoisotopic (exact) mass is 490 g/mol. The minimum atomic E-state index is -0.894. The molecule has 4 rings (SSSR count). The van der Waals surface area contributed by atoms with Gasteiger partial charge in [-0.15, -0.1) is 0 Å². The molecule has 0 saturated carbocycles. The third kappa shape index (κ3) is 6.09. The summed E-state index contributed by atoms with van der Waals surface area (Å²) < 4.78 is 55.3. The molecule has 4 aromatic rings. The van der Waals surface area contributed by atoms with E-state index in [1.807, 2.05) is 19.1 Å². The molecule has 5 heteroatoms. The van der Waals surface area contributed by atoms with E-state index >= 15 is 0 Å². The molecule has 0 N–H and O–H groups in total. The molecule has 0 aliphatic heterocycles. The molecular weight excluding hydrogens is 461 g/mol. The summed E-state index contributed by atoms with van der Waals surface area (Å²) in [6, 6.07) is 21.9. The molecule has 0 heterocycles. The largest absolute Gasteiger partial charge is 0.491 e. The molecule has 0 bridgehead atoms. The second-order valence-corrected chi connectivity index (χ2v) is 8.79. The first-order valence-corrected chi connectivity index (χ1v) is 12.2. The molecule has 0 aliphatic rings. The molecular formula is C31H29F3O2. The van der Waals surface area contributed by atoms with Crippen LogP contribution in [0.1, 0.15) is 37.3 Å². The van der Waals surface area contributed by atoms with Gasteiger partial charge in [-0.3, -0.25) is 0 Å². The van der Waals surface area contributed by atoms with Crippen LogP contribution in [0.2, 0.25) is 0 Å². The quantitative estimate of drug-likeness (QED) is 0.207. The Labute approximate surface area is 210 Å². The second kappa shape index (κ2) is 11.8. The van der Waals surface area contributed by atoms with Crippen LogP contribution in [0.5, 0.6) is 11.5 Å². The first-order chi connectivity index (χ1) is 17.5. The smallest absolute Gasteiger partial charge is 0.167 e. The number of aryl methyl sites for hydroxylation is 1. The molecule has 0 fully saturated rings. The van der Waals surface area contributed by atoms with Crippen molar-refractivity contribution >= 4 is 0 Å². The van der Waals surface area contributed by atoms with Crippen LogP contribution >= 0.6 is 0 Å². The minimum absolute atomic E-state index is 0.167. The van der Waals surface area contributed by atoms with Crippen molar-refractivity contribution in [2.75, 3.05) is 6.61 Å². The van der Waals surface area contributed by atoms with E-state index in [0.29, 0.717) is 29.0 Å². The third-order valence-corrected chi connectivity index (χ3v) is 6.02. The molecule has 0 saturated heterocycles. The number of hydrogen-bond acceptors (Lipinski definition) is 2. The Morgan fingerprint density at radius 2 is 1.28 bits per heavy atom. The van der Waals surface area contributed by atoms with Crippen molar-refractivity contribution in [2.45, 2.75) is 39.7 Å². The molecule has 2 nitrogen and oxygen atoms in total. The second-order valence-electron chi connectivity index (χ2n) is 8.79. The summed E-state index contributed by atoms with van der Waals surface area (Å²) in [5.74, 6) is -1.42. The van der Waals surface area contributed by atoms with Gasteiger partial charge < -0.3 is 9.47 Å². The van der Waals surface area contributed by atoms with Gasteiger partial charge in [0.15, 0.2) is 23.2 Å². The highest BCUT2D eigenvalue weighted by atomic mass is 19.2. The van der Waals surface area contributed by atoms with Crippen molar-refractivity contribution in [3.8, 4) is 33.8 Å². The van der Waals surface area contributed by atoms with Gasteiger partial charge in [0.25, 0.3) is 0 Å². The van der Waals surface area contributed by atoms with Crippen molar-refractivity contribution in [2.24, 2.45) is 0 Å². The van der Waals surface area contributed by atoms with Gasteiger partial charge in [-0.05, 0) is 54.3 Å². The molecule has 0 aliphatic carbocycles. The van der Waals surface area contributed by atoms with Crippen LogP contribution in [0.15, 0.2) is 78.9 Å². The minimum Gasteiger partial charge on any atom is -0.491 e. The first-order valence-electron chi connectivity index (χ1n) is 12.2. The number of hydrogen-bond donors (Lipinski definition) is 0. The topological polar surface area (TPSA) is 18.5 Å². The van der Waals surface area contributed by atoms with Crippen molar-refractivity contribution in [1.82, 2.24) is 0 Å². The van der Waals surface area contributed by atoms with Crippen LogP contribution in [0, 0.1) is 24.4 Å². The molecule has 0 radical (unpaired) electrons. The van der Waals surface area contributed by atoms with Gasteiger partial charge in [-0.1, -0.05) is 79.9 Å². The average molecular weight is 491 g/mol. The van der Waals surface area contributed by atoms with Crippen molar-refractivity contribution in [1.29, 1.82) is 0 Å². The number of halogens is 3. The maximum atomic E-state index is 14.9. The van der Waals surface area contributed by atoms with Gasteiger partial charge in [-0.25, -0.2) is 13.2 Å². The number of unbranched alkanes of at least 4 members (excludes halogenated alkanes) is 2. The lowest BCUT2D eigenvalue weighted by molar-refractivity contribution is 0.288. The summed E-state index contributed by atoms with van der Waals surface area (Å²) in [6.07, 6.45) is 3.02. The molecule has 4 aromatic carbocycles. The Morgan fingerprint density at radius 3 is 1.86 bits per heavy atom. The van der Waals surface area contributed by atoms with Crippen LogP contribution in [-0.2, 0) is 6.61 Å². The third-order valence-electron chi connectivity index (χ3n) is 6.02. The van der Waals surface area contributed by atoms with Gasteiger partial charge in [-0.2, -0.15) is 0 Å². The van der Waals surface area contributed by atoms with Crippen molar-refractivity contribution in [3.05, 3.63) is 107 Å². The molecule has 0 aromatic heterocycles. The van der Waals surface area contributed by atoms with Crippen LogP contribution in [0.3, 0.4) is 0 Å². The van der Waals surface area contributed by atoms with Crippen molar-refractivity contribution in [3.63, 3.8) is 0 Å². The Kier molecular flexibility index (Phi) is 8.32. The van der Waals surface area contributed by atoms with E-state index in [4.69, 9.17) is 9.47 Å². The van der Waals surface area contributed by atoms with Gasteiger partial charge in [0.05, 0.1) is 6.61 Å². The molecule has 36 heavy (non-hydrogen) atoms. The lowest BCUT2D eigenvalue weighted by Crippen LogP contribution is -2.01. The Bertz CT molecular complexity index is 1300. The SMILES string of the molecule is CCCCCOc1ccc(COc2ccc(-c3ccc(-c4ccc(C)cc4)c(F)c3F)cc2)cc1F. The van der Waals surface area contributed by atoms with E-state index in [1.54, 1.807) is 60.7 Å². The number of rotatable bonds is 10. The fraction of sp³-hybridized carbons (Fsp3) is 0.226. The summed E-state index contributed by atoms with van der Waals surface area (Å²) in [6.45, 7) is 4.70. The molecule has 0 amide bonds. The van der Waals surface area contributed by atoms with Gasteiger partial charge >= 0.3 is 0 Å². The van der Waals surface area contributed by atoms with E-state index in [9.17, 15) is 13.2 Å². The average Bonchev–Trinajstić information content (AvgIpc) is 2.89. The summed E-state index contributed by atoms with van der Waals surface area (Å²) in [7, 11) is 0. The lowest BCUT2D eigenvalue weighted by Gasteiger charge is -2.11. The van der Waals surface area contributed by atoms with Gasteiger partial charge in [0.2, 0.25) is 0 Å². The zero-order valence-electron chi connectivity index (χ0n) is 20.5. The van der Waals surface area contributed by atoms with Crippen LogP contribution in [0.25, 0.3) is 22.3 Å². The Morgan fingerprint density at radius 1 is 0.667 bits per heavy atom. The number of benzene rings is 4. The van der Waals surface area contributed by atoms with Crippen LogP contribution in [-0.4, -0.2) is 6.61 Å². The zero-order chi connectivity index (χ0) is 25.5. The first kappa shape index (κ1) is 25.4. The summed E-state index contributed by atoms with van der Waals surface area (Å²) >= 11 is 0. The van der Waals surface area contributed by atoms with E-state index in [1.165, 1.54) is 6.07 Å². The van der Waals surface area contributed by atoms with E-state index in [-0.39, 0.29) is 23.5 Å². The lowest BCUT2D eigenvalue weighted by atomic mass is 9.98. The molecule has 186 valence electrons. The highest BCUT2D eigenvalue weighted by Gasteiger charge is 2.16. The highest BCUT2D eigenvalue weighted by molar-refractivity contribution is 5.72. The maximum Gasteiger partial charge on any atom is 0.167 e. The maximum absolute atomic E-state index is 14.9. The number of ether oxygens (including phenoxy) is 2. The predicted molar refractivity (Wildman–Crippen MR) is 138 cm³/mol. The summed E-state index contributed by atoms with van der Waals surface area (Å²) in [5.41, 5.74) is 3.27. The standard InChI is InChI=1S/C31H29F3O2/c1-3-4-5-18-35-29-17-8-22(19-28(29)32)20-36-25-13-11-24(12-14-25)27-16-15-26(30(33)31(27)34)23-9-6-21(2)7-10-23/h6-17,19H,3-5,18,20H2,1-2H3. The summed E-state index contributed by atoms with van der Waals surface area (Å²) in [4.78, 5) is 0. The normalized spacial score (nSPS) is 10.9. The van der Waals surface area contributed by atoms with Crippen molar-refractivity contribution < 1.29 is 22.6 Å². The fourth-order valence-electron chi connectivity index (χ4n) is 3.91. The fourth-order valence-corrected chi connectivity index (χ4v) is 3.91. The van der Waals surface area contributed by atoms with Crippen LogP contribution in [0.4, 0.5) is 13.2 Å². The Balaban J connectivity index is 1.40. The molecule has 0 unspecified atom stereocenters. The van der Waals surface area contributed by atoms with Gasteiger partial charge in [0, 0.05) is 11.1 Å².